The van der Waals surface area contributed by atoms with Gasteiger partial charge in [-0.25, -0.2) is 0 Å². The Morgan fingerprint density at radius 3 is 2.38 bits per heavy atom. The van der Waals surface area contributed by atoms with E-state index in [4.69, 9.17) is 4.74 Å². The average Bonchev–Trinajstić information content (AvgIpc) is 2.14. The zero-order chi connectivity index (χ0) is 10.1. The van der Waals surface area contributed by atoms with E-state index in [2.05, 4.69) is 13.8 Å². The van der Waals surface area contributed by atoms with Gasteiger partial charge in [0.15, 0.2) is 5.78 Å². The van der Waals surface area contributed by atoms with Crippen LogP contribution in [0.15, 0.2) is 11.6 Å². The summed E-state index contributed by atoms with van der Waals surface area (Å²) in [4.78, 5) is 11.3. The van der Waals surface area contributed by atoms with Crippen molar-refractivity contribution in [1.29, 1.82) is 0 Å². The van der Waals surface area contributed by atoms with Gasteiger partial charge in [0.25, 0.3) is 0 Å². The fourth-order valence-electron chi connectivity index (χ4n) is 1.14. The number of carbonyl (C=O) groups is 1. The summed E-state index contributed by atoms with van der Waals surface area (Å²) in [6.07, 6.45) is 5.18. The first kappa shape index (κ1) is 12.4. The summed E-state index contributed by atoms with van der Waals surface area (Å²) in [5.41, 5.74) is 1.24. The zero-order valence-electron chi connectivity index (χ0n) is 8.93. The lowest BCUT2D eigenvalue weighted by molar-refractivity contribution is -0.114. The summed E-state index contributed by atoms with van der Waals surface area (Å²) < 4.78 is 4.88. The summed E-state index contributed by atoms with van der Waals surface area (Å²) in [5.74, 6) is 0.232. The van der Waals surface area contributed by atoms with Gasteiger partial charge in [-0.1, -0.05) is 19.4 Å². The highest BCUT2D eigenvalue weighted by Gasteiger charge is 1.99. The van der Waals surface area contributed by atoms with Crippen LogP contribution in [0, 0.1) is 0 Å². The first-order chi connectivity index (χ1) is 6.24. The molecule has 0 aromatic carbocycles. The third-order valence-corrected chi connectivity index (χ3v) is 2.04. The maximum atomic E-state index is 11.3. The molecule has 0 bridgehead atoms. The minimum atomic E-state index is 0.232. The molecule has 0 amide bonds. The van der Waals surface area contributed by atoms with E-state index in [1.165, 1.54) is 5.57 Å². The van der Waals surface area contributed by atoms with Crippen LogP contribution in [0.4, 0.5) is 0 Å². The van der Waals surface area contributed by atoms with E-state index >= 15 is 0 Å². The van der Waals surface area contributed by atoms with Crippen molar-refractivity contribution < 1.29 is 9.53 Å². The van der Waals surface area contributed by atoms with Gasteiger partial charge in [0, 0.05) is 20.1 Å². The summed E-state index contributed by atoms with van der Waals surface area (Å²) in [5, 5.41) is 0. The molecule has 0 spiro atoms. The second-order valence-electron chi connectivity index (χ2n) is 3.07. The fourth-order valence-corrected chi connectivity index (χ4v) is 1.14. The van der Waals surface area contributed by atoms with Crippen molar-refractivity contribution >= 4 is 5.78 Å². The molecule has 0 unspecified atom stereocenters. The Morgan fingerprint density at radius 2 is 1.92 bits per heavy atom. The number of methoxy groups -OCH3 is 1. The van der Waals surface area contributed by atoms with E-state index in [0.717, 1.165) is 19.3 Å². The summed E-state index contributed by atoms with van der Waals surface area (Å²) in [6.45, 7) is 4.84. The summed E-state index contributed by atoms with van der Waals surface area (Å²) in [6, 6.07) is 0. The lowest BCUT2D eigenvalue weighted by Crippen LogP contribution is -1.98. The molecule has 0 aromatic rings. The van der Waals surface area contributed by atoms with Crippen LogP contribution in [0.3, 0.4) is 0 Å². The number of carbonyl (C=O) groups excluding carboxylic acids is 1. The second kappa shape index (κ2) is 7.99. The first-order valence-corrected chi connectivity index (χ1v) is 4.95. The average molecular weight is 184 g/mol. The molecule has 0 aliphatic rings. The van der Waals surface area contributed by atoms with Crippen molar-refractivity contribution in [1.82, 2.24) is 0 Å². The third-order valence-electron chi connectivity index (χ3n) is 2.04. The molecule has 0 saturated heterocycles. The standard InChI is InChI=1S/C11H20O2/c1-4-10(5-2)9-11(12)7-6-8-13-3/h9H,4-8H2,1-3H3. The van der Waals surface area contributed by atoms with Crippen molar-refractivity contribution in [2.24, 2.45) is 0 Å². The number of ketones is 1. The molecule has 0 radical (unpaired) electrons. The Kier molecular flexibility index (Phi) is 7.60. The minimum Gasteiger partial charge on any atom is -0.385 e. The van der Waals surface area contributed by atoms with Gasteiger partial charge in [-0.15, -0.1) is 0 Å². The van der Waals surface area contributed by atoms with Gasteiger partial charge >= 0.3 is 0 Å². The highest BCUT2D eigenvalue weighted by atomic mass is 16.5. The number of rotatable bonds is 7. The van der Waals surface area contributed by atoms with Gasteiger partial charge in [-0.05, 0) is 25.3 Å². The summed E-state index contributed by atoms with van der Waals surface area (Å²) in [7, 11) is 1.66. The van der Waals surface area contributed by atoms with Crippen LogP contribution in [0.1, 0.15) is 39.5 Å². The molecule has 2 heteroatoms. The molecular weight excluding hydrogens is 164 g/mol. The molecule has 2 nitrogen and oxygen atoms in total. The van der Waals surface area contributed by atoms with Gasteiger partial charge in [0.1, 0.15) is 0 Å². The maximum Gasteiger partial charge on any atom is 0.155 e. The Hall–Kier alpha value is -0.630. The van der Waals surface area contributed by atoms with Crippen LogP contribution in [-0.2, 0) is 9.53 Å². The van der Waals surface area contributed by atoms with Gasteiger partial charge in [0.05, 0.1) is 0 Å². The first-order valence-electron chi connectivity index (χ1n) is 4.95. The monoisotopic (exact) mass is 184 g/mol. The van der Waals surface area contributed by atoms with Crippen LogP contribution < -0.4 is 0 Å². The molecule has 0 aromatic heterocycles. The van der Waals surface area contributed by atoms with Crippen LogP contribution >= 0.6 is 0 Å². The van der Waals surface area contributed by atoms with Crippen LogP contribution in [-0.4, -0.2) is 19.5 Å². The second-order valence-corrected chi connectivity index (χ2v) is 3.07. The van der Waals surface area contributed by atoms with Crippen LogP contribution in [0.2, 0.25) is 0 Å². The van der Waals surface area contributed by atoms with E-state index in [0.29, 0.717) is 13.0 Å². The zero-order valence-corrected chi connectivity index (χ0v) is 8.93. The summed E-state index contributed by atoms with van der Waals surface area (Å²) >= 11 is 0. The van der Waals surface area contributed by atoms with Gasteiger partial charge < -0.3 is 4.74 Å². The Morgan fingerprint density at radius 1 is 1.31 bits per heavy atom. The van der Waals surface area contributed by atoms with E-state index < -0.39 is 0 Å². The molecule has 13 heavy (non-hydrogen) atoms. The predicted octanol–water partition coefficient (Wildman–Crippen LogP) is 2.73. The Bertz CT molecular complexity index is 165. The van der Waals surface area contributed by atoms with Gasteiger partial charge in [0.2, 0.25) is 0 Å². The number of hydrogen-bond acceptors (Lipinski definition) is 2. The van der Waals surface area contributed by atoms with Crippen LogP contribution in [0.5, 0.6) is 0 Å². The topological polar surface area (TPSA) is 26.3 Å². The molecule has 0 saturated carbocycles. The third kappa shape index (κ3) is 6.52. The Balaban J connectivity index is 3.76. The van der Waals surface area contributed by atoms with Crippen molar-refractivity contribution in [2.75, 3.05) is 13.7 Å². The molecule has 0 N–H and O–H groups in total. The lowest BCUT2D eigenvalue weighted by Gasteiger charge is -1.99. The van der Waals surface area contributed by atoms with Crippen molar-refractivity contribution in [3.05, 3.63) is 11.6 Å². The molecule has 0 heterocycles. The number of hydrogen-bond donors (Lipinski definition) is 0. The lowest BCUT2D eigenvalue weighted by atomic mass is 10.1. The molecule has 76 valence electrons. The minimum absolute atomic E-state index is 0.232. The van der Waals surface area contributed by atoms with Crippen LogP contribution in [0.25, 0.3) is 0 Å². The molecule has 0 aliphatic carbocycles. The van der Waals surface area contributed by atoms with E-state index in [9.17, 15) is 4.79 Å². The van der Waals surface area contributed by atoms with E-state index in [1.54, 1.807) is 13.2 Å². The molecule has 0 fully saturated rings. The molecule has 0 rings (SSSR count). The normalized spacial score (nSPS) is 9.77. The van der Waals surface area contributed by atoms with Crippen molar-refractivity contribution in [2.45, 2.75) is 39.5 Å². The molecular formula is C11H20O2. The smallest absolute Gasteiger partial charge is 0.155 e. The quantitative estimate of drug-likeness (QED) is 0.449. The predicted molar refractivity (Wildman–Crippen MR) is 54.8 cm³/mol. The van der Waals surface area contributed by atoms with Gasteiger partial charge in [-0.2, -0.15) is 0 Å². The SMILES string of the molecule is CCC(=CC(=O)CCCOC)CC. The highest BCUT2D eigenvalue weighted by Crippen LogP contribution is 2.06. The van der Waals surface area contributed by atoms with E-state index in [1.807, 2.05) is 0 Å². The largest absolute Gasteiger partial charge is 0.385 e. The number of allylic oxidation sites excluding steroid dienone is 2. The highest BCUT2D eigenvalue weighted by molar-refractivity contribution is 5.90. The molecule has 0 aliphatic heterocycles. The van der Waals surface area contributed by atoms with Gasteiger partial charge in [-0.3, -0.25) is 4.79 Å². The Labute approximate surface area is 81.0 Å². The maximum absolute atomic E-state index is 11.3. The van der Waals surface area contributed by atoms with Crippen molar-refractivity contribution in [3.63, 3.8) is 0 Å². The van der Waals surface area contributed by atoms with E-state index in [-0.39, 0.29) is 5.78 Å². The molecule has 0 atom stereocenters. The number of ether oxygens (including phenoxy) is 1. The van der Waals surface area contributed by atoms with Crippen molar-refractivity contribution in [3.8, 4) is 0 Å². The fraction of sp³-hybridized carbons (Fsp3) is 0.727.